The maximum absolute atomic E-state index is 12.9. The molecule has 0 radical (unpaired) electrons. The van der Waals surface area contributed by atoms with Crippen molar-refractivity contribution in [1.82, 2.24) is 13.9 Å². The van der Waals surface area contributed by atoms with Crippen molar-refractivity contribution in [3.8, 4) is 0 Å². The van der Waals surface area contributed by atoms with Crippen molar-refractivity contribution in [3.63, 3.8) is 0 Å². The highest BCUT2D eigenvalue weighted by atomic mass is 32.2. The van der Waals surface area contributed by atoms with Crippen molar-refractivity contribution in [2.45, 2.75) is 31.7 Å². The number of hydrogen-bond donors (Lipinski definition) is 1. The number of carbonyl (C=O) groups is 1. The predicted molar refractivity (Wildman–Crippen MR) is 134 cm³/mol. The van der Waals surface area contributed by atoms with Crippen molar-refractivity contribution in [2.24, 2.45) is 0 Å². The highest BCUT2D eigenvalue weighted by Crippen LogP contribution is 2.21. The lowest BCUT2D eigenvalue weighted by Crippen LogP contribution is -2.30. The van der Waals surface area contributed by atoms with Crippen LogP contribution in [-0.2, 0) is 27.8 Å². The van der Waals surface area contributed by atoms with Gasteiger partial charge >= 0.3 is 0 Å². The zero-order valence-electron chi connectivity index (χ0n) is 19.3. The van der Waals surface area contributed by atoms with Gasteiger partial charge in [-0.15, -0.1) is 0 Å². The second-order valence-corrected chi connectivity index (χ2v) is 9.87. The van der Waals surface area contributed by atoms with E-state index in [1.807, 2.05) is 73.0 Å². The highest BCUT2D eigenvalue weighted by Gasteiger charge is 2.21. The van der Waals surface area contributed by atoms with Crippen LogP contribution in [0.15, 0.2) is 83.8 Å². The number of carbonyl (C=O) groups excluding carboxylic acids is 1. The van der Waals surface area contributed by atoms with Gasteiger partial charge in [0.1, 0.15) is 12.4 Å². The predicted octanol–water partition coefficient (Wildman–Crippen LogP) is 4.30. The Labute approximate surface area is 200 Å². The van der Waals surface area contributed by atoms with Crippen LogP contribution in [0.4, 0.5) is 5.69 Å². The van der Waals surface area contributed by atoms with E-state index >= 15 is 0 Å². The molecule has 1 aromatic heterocycles. The zero-order valence-corrected chi connectivity index (χ0v) is 20.1. The number of imidazole rings is 1. The SMILES string of the molecule is CCN(CC)S(=O)(=O)c1ccc(NC(=O)Cn2c(Cc3ccccc3)nc3ccccc32)cc1. The molecule has 0 aliphatic rings. The minimum Gasteiger partial charge on any atom is -0.325 e. The van der Waals surface area contributed by atoms with Gasteiger partial charge in [0.2, 0.25) is 15.9 Å². The summed E-state index contributed by atoms with van der Waals surface area (Å²) in [5.74, 6) is 0.597. The number of fused-ring (bicyclic) bond motifs is 1. The Bertz CT molecular complexity index is 1380. The van der Waals surface area contributed by atoms with E-state index in [1.165, 1.54) is 16.4 Å². The van der Waals surface area contributed by atoms with Gasteiger partial charge in [-0.05, 0) is 42.0 Å². The number of benzene rings is 3. The topological polar surface area (TPSA) is 84.3 Å². The van der Waals surface area contributed by atoms with Crippen molar-refractivity contribution in [2.75, 3.05) is 18.4 Å². The molecule has 1 heterocycles. The van der Waals surface area contributed by atoms with Crippen LogP contribution in [0.1, 0.15) is 25.2 Å². The molecule has 0 spiro atoms. The molecular weight excluding hydrogens is 448 g/mol. The molecule has 0 bridgehead atoms. The monoisotopic (exact) mass is 476 g/mol. The van der Waals surface area contributed by atoms with Crippen molar-refractivity contribution >= 4 is 32.7 Å². The fraction of sp³-hybridized carbons (Fsp3) is 0.231. The molecule has 4 rings (SSSR count). The third-order valence-electron chi connectivity index (χ3n) is 5.72. The van der Waals surface area contributed by atoms with Gasteiger partial charge in [0.25, 0.3) is 0 Å². The van der Waals surface area contributed by atoms with Gasteiger partial charge in [-0.25, -0.2) is 13.4 Å². The normalized spacial score (nSPS) is 11.7. The van der Waals surface area contributed by atoms with Crippen LogP contribution >= 0.6 is 0 Å². The molecule has 0 aliphatic heterocycles. The van der Waals surface area contributed by atoms with Gasteiger partial charge in [0.05, 0.1) is 15.9 Å². The van der Waals surface area contributed by atoms with Crippen molar-refractivity contribution in [1.29, 1.82) is 0 Å². The molecule has 3 aromatic carbocycles. The van der Waals surface area contributed by atoms with Gasteiger partial charge in [-0.2, -0.15) is 4.31 Å². The number of rotatable bonds is 9. The quantitative estimate of drug-likeness (QED) is 0.390. The smallest absolute Gasteiger partial charge is 0.244 e. The van der Waals surface area contributed by atoms with Crippen LogP contribution in [0.3, 0.4) is 0 Å². The van der Waals surface area contributed by atoms with Gasteiger partial charge in [-0.1, -0.05) is 56.3 Å². The first kappa shape index (κ1) is 23.7. The van der Waals surface area contributed by atoms with E-state index in [4.69, 9.17) is 4.98 Å². The third kappa shape index (κ3) is 5.03. The number of nitrogens with zero attached hydrogens (tertiary/aromatic N) is 3. The standard InChI is InChI=1S/C26H28N4O3S/c1-3-29(4-2)34(32,33)22-16-14-21(15-17-22)27-26(31)19-30-24-13-9-8-12-23(24)28-25(30)18-20-10-6-5-7-11-20/h5-17H,3-4,18-19H2,1-2H3,(H,27,31). The number of nitrogens with one attached hydrogen (secondary N) is 1. The number of hydrogen-bond acceptors (Lipinski definition) is 4. The zero-order chi connectivity index (χ0) is 24.1. The summed E-state index contributed by atoms with van der Waals surface area (Å²) in [4.78, 5) is 17.9. The summed E-state index contributed by atoms with van der Waals surface area (Å²) in [5.41, 5.74) is 3.39. The first-order valence-electron chi connectivity index (χ1n) is 11.3. The minimum absolute atomic E-state index is 0.0994. The summed E-state index contributed by atoms with van der Waals surface area (Å²) in [6.45, 7) is 4.52. The molecular formula is C26H28N4O3S. The van der Waals surface area contributed by atoms with Crippen molar-refractivity contribution in [3.05, 3.63) is 90.3 Å². The third-order valence-corrected chi connectivity index (χ3v) is 7.79. The van der Waals surface area contributed by atoms with E-state index in [2.05, 4.69) is 5.32 Å². The Morgan fingerprint density at radius 1 is 0.912 bits per heavy atom. The first-order chi connectivity index (χ1) is 16.4. The number of anilines is 1. The Morgan fingerprint density at radius 2 is 1.56 bits per heavy atom. The summed E-state index contributed by atoms with van der Waals surface area (Å²) < 4.78 is 28.7. The van der Waals surface area contributed by atoms with E-state index in [0.29, 0.717) is 25.2 Å². The van der Waals surface area contributed by atoms with Crippen LogP contribution in [-0.4, -0.2) is 41.3 Å². The molecule has 1 N–H and O–H groups in total. The molecule has 0 saturated carbocycles. The average molecular weight is 477 g/mol. The number of amides is 1. The molecule has 0 aliphatic carbocycles. The van der Waals surface area contributed by atoms with Gasteiger partial charge < -0.3 is 9.88 Å². The Morgan fingerprint density at radius 3 is 2.24 bits per heavy atom. The fourth-order valence-corrected chi connectivity index (χ4v) is 5.44. The fourth-order valence-electron chi connectivity index (χ4n) is 3.98. The molecule has 0 fully saturated rings. The number of aromatic nitrogens is 2. The lowest BCUT2D eigenvalue weighted by molar-refractivity contribution is -0.116. The van der Waals surface area contributed by atoms with E-state index in [0.717, 1.165) is 22.4 Å². The molecule has 0 atom stereocenters. The second-order valence-electron chi connectivity index (χ2n) is 7.93. The van der Waals surface area contributed by atoms with Crippen LogP contribution in [0.25, 0.3) is 11.0 Å². The molecule has 34 heavy (non-hydrogen) atoms. The average Bonchev–Trinajstić information content (AvgIpc) is 3.17. The maximum atomic E-state index is 12.9. The molecule has 0 saturated heterocycles. The Balaban J connectivity index is 1.53. The maximum Gasteiger partial charge on any atom is 0.244 e. The van der Waals surface area contributed by atoms with Gasteiger partial charge in [0, 0.05) is 25.2 Å². The van der Waals surface area contributed by atoms with Crippen molar-refractivity contribution < 1.29 is 13.2 Å². The molecule has 1 amide bonds. The Hall–Kier alpha value is -3.49. The van der Waals surface area contributed by atoms with E-state index in [-0.39, 0.29) is 17.3 Å². The van der Waals surface area contributed by atoms with Gasteiger partial charge in [-0.3, -0.25) is 4.79 Å². The molecule has 4 aromatic rings. The van der Waals surface area contributed by atoms with E-state index in [9.17, 15) is 13.2 Å². The molecule has 0 unspecified atom stereocenters. The summed E-state index contributed by atoms with van der Waals surface area (Å²) in [6, 6.07) is 24.1. The number of sulfonamides is 1. The molecule has 8 heteroatoms. The number of para-hydroxylation sites is 2. The summed E-state index contributed by atoms with van der Waals surface area (Å²) in [7, 11) is -3.54. The molecule has 7 nitrogen and oxygen atoms in total. The summed E-state index contributed by atoms with van der Waals surface area (Å²) in [5, 5.41) is 2.88. The Kier molecular flexibility index (Phi) is 7.09. The second kappa shape index (κ2) is 10.2. The van der Waals surface area contributed by atoms with Crippen LogP contribution < -0.4 is 5.32 Å². The minimum atomic E-state index is -3.54. The van der Waals surface area contributed by atoms with Crippen LogP contribution in [0.5, 0.6) is 0 Å². The lowest BCUT2D eigenvalue weighted by atomic mass is 10.1. The van der Waals surface area contributed by atoms with E-state index in [1.54, 1.807) is 12.1 Å². The largest absolute Gasteiger partial charge is 0.325 e. The molecule has 176 valence electrons. The first-order valence-corrected chi connectivity index (χ1v) is 12.7. The summed E-state index contributed by atoms with van der Waals surface area (Å²) in [6.07, 6.45) is 0.612. The summed E-state index contributed by atoms with van der Waals surface area (Å²) >= 11 is 0. The lowest BCUT2D eigenvalue weighted by Gasteiger charge is -2.18. The van der Waals surface area contributed by atoms with Crippen LogP contribution in [0, 0.1) is 0 Å². The van der Waals surface area contributed by atoms with E-state index < -0.39 is 10.0 Å². The van der Waals surface area contributed by atoms with Gasteiger partial charge in [0.15, 0.2) is 0 Å². The van der Waals surface area contributed by atoms with Crippen LogP contribution in [0.2, 0.25) is 0 Å². The highest BCUT2D eigenvalue weighted by molar-refractivity contribution is 7.89.